The summed E-state index contributed by atoms with van der Waals surface area (Å²) in [5, 5.41) is 1.77. The van der Waals surface area contributed by atoms with Gasteiger partial charge in [-0.05, 0) is 24.3 Å². The Hall–Kier alpha value is -1.84. The van der Waals surface area contributed by atoms with E-state index in [9.17, 15) is 17.6 Å². The Labute approximate surface area is 131 Å². The van der Waals surface area contributed by atoms with Crippen molar-refractivity contribution in [1.29, 1.82) is 0 Å². The Balaban J connectivity index is 2.18. The zero-order valence-electron chi connectivity index (χ0n) is 11.9. The molecule has 0 spiro atoms. The van der Waals surface area contributed by atoms with Crippen LogP contribution >= 0.6 is 11.3 Å². The van der Waals surface area contributed by atoms with Crippen molar-refractivity contribution in [2.75, 3.05) is 13.6 Å². The molecule has 0 radical (unpaired) electrons. The zero-order chi connectivity index (χ0) is 16.3. The third-order valence-corrected chi connectivity index (χ3v) is 5.53. The van der Waals surface area contributed by atoms with Crippen molar-refractivity contribution in [1.82, 2.24) is 8.87 Å². The Bertz CT molecular complexity index is 838. The lowest BCUT2D eigenvalue weighted by atomic mass is 10.4. The van der Waals surface area contributed by atoms with Crippen LogP contribution in [0.1, 0.15) is 0 Å². The number of hydrogen-bond donors (Lipinski definition) is 0. The maximum atomic E-state index is 12.9. The zero-order valence-corrected chi connectivity index (χ0v) is 13.6. The number of nitrogens with zero attached hydrogens (tertiary/aromatic N) is 3. The smallest absolute Gasteiger partial charge is 0.263 e. The predicted molar refractivity (Wildman–Crippen MR) is 80.1 cm³/mol. The standard InChI is InChI=1S/C13H14FN3O3S2/c1-16-7-8-21-13(16)15-12(18)9-17(2)22(19,20)11-5-3-10(14)4-6-11/h3-8H,9H2,1-2H3. The minimum absolute atomic E-state index is 0.0779. The van der Waals surface area contributed by atoms with Crippen LogP contribution < -0.4 is 4.80 Å². The summed E-state index contributed by atoms with van der Waals surface area (Å²) in [6.07, 6.45) is 1.75. The number of aryl methyl sites for hydroxylation is 1. The van der Waals surface area contributed by atoms with E-state index in [0.717, 1.165) is 28.6 Å². The molecule has 0 aliphatic heterocycles. The van der Waals surface area contributed by atoms with Crippen LogP contribution in [-0.4, -0.2) is 36.8 Å². The average molecular weight is 343 g/mol. The van der Waals surface area contributed by atoms with Gasteiger partial charge >= 0.3 is 0 Å². The van der Waals surface area contributed by atoms with Crippen LogP contribution in [0.25, 0.3) is 0 Å². The van der Waals surface area contributed by atoms with Gasteiger partial charge in [0, 0.05) is 25.7 Å². The fraction of sp³-hybridized carbons (Fsp3) is 0.231. The maximum absolute atomic E-state index is 12.9. The van der Waals surface area contributed by atoms with Crippen molar-refractivity contribution in [3.8, 4) is 0 Å². The molecular formula is C13H14FN3O3S2. The lowest BCUT2D eigenvalue weighted by Gasteiger charge is -2.15. The lowest BCUT2D eigenvalue weighted by Crippen LogP contribution is -2.32. The van der Waals surface area contributed by atoms with Gasteiger partial charge in [0.25, 0.3) is 5.91 Å². The monoisotopic (exact) mass is 343 g/mol. The second kappa shape index (κ2) is 6.51. The number of rotatable bonds is 4. The first-order valence-electron chi connectivity index (χ1n) is 6.20. The molecule has 0 aliphatic carbocycles. The van der Waals surface area contributed by atoms with Gasteiger partial charge < -0.3 is 4.57 Å². The Kier molecular flexibility index (Phi) is 4.89. The highest BCUT2D eigenvalue weighted by Gasteiger charge is 2.22. The normalized spacial score (nSPS) is 12.8. The van der Waals surface area contributed by atoms with Crippen LogP contribution in [-0.2, 0) is 21.9 Å². The van der Waals surface area contributed by atoms with Gasteiger partial charge in [0.15, 0.2) is 4.80 Å². The van der Waals surface area contributed by atoms with Crippen LogP contribution in [0.2, 0.25) is 0 Å². The number of carbonyl (C=O) groups excluding carboxylic acids is 1. The molecule has 0 saturated carbocycles. The molecule has 0 saturated heterocycles. The summed E-state index contributed by atoms with van der Waals surface area (Å²) in [5.74, 6) is -1.11. The van der Waals surface area contributed by atoms with Crippen molar-refractivity contribution >= 4 is 27.3 Å². The van der Waals surface area contributed by atoms with Gasteiger partial charge in [-0.15, -0.1) is 11.3 Å². The van der Waals surface area contributed by atoms with Crippen LogP contribution in [0.3, 0.4) is 0 Å². The van der Waals surface area contributed by atoms with E-state index in [4.69, 9.17) is 0 Å². The van der Waals surface area contributed by atoms with E-state index < -0.39 is 28.3 Å². The van der Waals surface area contributed by atoms with Crippen molar-refractivity contribution in [3.05, 3.63) is 46.5 Å². The van der Waals surface area contributed by atoms with Gasteiger partial charge in [-0.3, -0.25) is 4.79 Å². The molecule has 0 aliphatic rings. The second-order valence-corrected chi connectivity index (χ2v) is 7.43. The Morgan fingerprint density at radius 3 is 2.55 bits per heavy atom. The Morgan fingerprint density at radius 2 is 2.00 bits per heavy atom. The molecule has 22 heavy (non-hydrogen) atoms. The van der Waals surface area contributed by atoms with E-state index in [1.165, 1.54) is 18.4 Å². The molecule has 118 valence electrons. The molecule has 2 aromatic rings. The highest BCUT2D eigenvalue weighted by molar-refractivity contribution is 7.89. The molecule has 2 rings (SSSR count). The number of amides is 1. The number of hydrogen-bond acceptors (Lipinski definition) is 4. The minimum Gasteiger partial charge on any atom is -0.327 e. The van der Waals surface area contributed by atoms with E-state index >= 15 is 0 Å². The number of halogens is 1. The topological polar surface area (TPSA) is 71.7 Å². The fourth-order valence-corrected chi connectivity index (χ4v) is 3.51. The molecule has 6 nitrogen and oxygen atoms in total. The molecular weight excluding hydrogens is 329 g/mol. The van der Waals surface area contributed by atoms with Gasteiger partial charge in [0.05, 0.1) is 11.4 Å². The molecule has 1 amide bonds. The molecule has 0 fully saturated rings. The third kappa shape index (κ3) is 3.67. The third-order valence-electron chi connectivity index (χ3n) is 2.86. The quantitative estimate of drug-likeness (QED) is 0.831. The van der Waals surface area contributed by atoms with Crippen molar-refractivity contribution < 1.29 is 17.6 Å². The molecule has 1 aromatic heterocycles. The van der Waals surface area contributed by atoms with Gasteiger partial charge in [-0.2, -0.15) is 9.30 Å². The van der Waals surface area contributed by atoms with Gasteiger partial charge in [-0.1, -0.05) is 0 Å². The van der Waals surface area contributed by atoms with Gasteiger partial charge in [0.1, 0.15) is 5.82 Å². The lowest BCUT2D eigenvalue weighted by molar-refractivity contribution is -0.118. The molecule has 9 heteroatoms. The van der Waals surface area contributed by atoms with E-state index in [-0.39, 0.29) is 4.90 Å². The van der Waals surface area contributed by atoms with Crippen molar-refractivity contribution in [3.63, 3.8) is 0 Å². The van der Waals surface area contributed by atoms with Crippen LogP contribution in [0.5, 0.6) is 0 Å². The summed E-state index contributed by atoms with van der Waals surface area (Å²) in [5.41, 5.74) is 0. The maximum Gasteiger partial charge on any atom is 0.263 e. The van der Waals surface area contributed by atoms with E-state index in [0.29, 0.717) is 4.80 Å². The SMILES string of the molecule is CN(CC(=O)N=c1sccn1C)S(=O)(=O)c1ccc(F)cc1. The van der Waals surface area contributed by atoms with E-state index in [1.807, 2.05) is 0 Å². The number of carbonyl (C=O) groups is 1. The molecule has 0 unspecified atom stereocenters. The number of benzene rings is 1. The number of aromatic nitrogens is 1. The van der Waals surface area contributed by atoms with Crippen molar-refractivity contribution in [2.45, 2.75) is 4.90 Å². The summed E-state index contributed by atoms with van der Waals surface area (Å²) in [6.45, 7) is -0.391. The van der Waals surface area contributed by atoms with E-state index in [2.05, 4.69) is 4.99 Å². The highest BCUT2D eigenvalue weighted by Crippen LogP contribution is 2.14. The molecule has 1 aromatic carbocycles. The van der Waals surface area contributed by atoms with Crippen LogP contribution in [0.4, 0.5) is 4.39 Å². The largest absolute Gasteiger partial charge is 0.327 e. The Morgan fingerprint density at radius 1 is 1.36 bits per heavy atom. The molecule has 1 heterocycles. The van der Waals surface area contributed by atoms with E-state index in [1.54, 1.807) is 23.2 Å². The molecule has 0 atom stereocenters. The average Bonchev–Trinajstić information content (AvgIpc) is 2.84. The molecule has 0 N–H and O–H groups in total. The molecule has 0 bridgehead atoms. The second-order valence-electron chi connectivity index (χ2n) is 4.52. The minimum atomic E-state index is -3.86. The first-order valence-corrected chi connectivity index (χ1v) is 8.52. The predicted octanol–water partition coefficient (Wildman–Crippen LogP) is 0.974. The summed E-state index contributed by atoms with van der Waals surface area (Å²) in [6, 6.07) is 4.42. The first-order chi connectivity index (χ1) is 10.3. The van der Waals surface area contributed by atoms with Gasteiger partial charge in [-0.25, -0.2) is 12.8 Å². The van der Waals surface area contributed by atoms with Crippen LogP contribution in [0.15, 0.2) is 45.7 Å². The van der Waals surface area contributed by atoms with Crippen LogP contribution in [0, 0.1) is 5.82 Å². The number of likely N-dealkylation sites (N-methyl/N-ethyl adjacent to an activating group) is 1. The number of thiazole rings is 1. The summed E-state index contributed by atoms with van der Waals surface area (Å²) in [7, 11) is -0.841. The van der Waals surface area contributed by atoms with Crippen molar-refractivity contribution in [2.24, 2.45) is 12.0 Å². The highest BCUT2D eigenvalue weighted by atomic mass is 32.2. The summed E-state index contributed by atoms with van der Waals surface area (Å²) >= 11 is 1.28. The fourth-order valence-electron chi connectivity index (χ4n) is 1.64. The first kappa shape index (κ1) is 16.5. The summed E-state index contributed by atoms with van der Waals surface area (Å²) < 4.78 is 39.9. The van der Waals surface area contributed by atoms with Gasteiger partial charge in [0.2, 0.25) is 10.0 Å². The summed E-state index contributed by atoms with van der Waals surface area (Å²) in [4.78, 5) is 16.1. The number of sulfonamides is 1.